The number of benzene rings is 1. The zero-order chi connectivity index (χ0) is 15.1. The molecule has 0 aliphatic heterocycles. The first-order valence-electron chi connectivity index (χ1n) is 6.11. The van der Waals surface area contributed by atoms with Crippen LogP contribution in [0.15, 0.2) is 18.2 Å². The average molecular weight is 299 g/mol. The van der Waals surface area contributed by atoms with E-state index in [0.29, 0.717) is 0 Å². The van der Waals surface area contributed by atoms with Crippen LogP contribution in [0.5, 0.6) is 0 Å². The molecule has 0 amide bonds. The summed E-state index contributed by atoms with van der Waals surface area (Å²) in [5.41, 5.74) is 0.436. The van der Waals surface area contributed by atoms with Crippen LogP contribution in [0.2, 0.25) is 0 Å². The number of aliphatic carboxylic acids is 1. The number of halogens is 1. The van der Waals surface area contributed by atoms with Crippen LogP contribution in [-0.4, -0.2) is 35.3 Å². The van der Waals surface area contributed by atoms with E-state index >= 15 is 0 Å². The van der Waals surface area contributed by atoms with Crippen molar-refractivity contribution in [3.05, 3.63) is 34.9 Å². The Labute approximate surface area is 121 Å². The van der Waals surface area contributed by atoms with E-state index in [1.807, 2.05) is 0 Å². The summed E-state index contributed by atoms with van der Waals surface area (Å²) in [4.78, 5) is 34.8. The van der Waals surface area contributed by atoms with Crippen molar-refractivity contribution in [1.29, 1.82) is 0 Å². The molecule has 0 radical (unpaired) electrons. The van der Waals surface area contributed by atoms with Gasteiger partial charge in [-0.25, -0.2) is 4.79 Å². The number of carboxylic acids is 1. The zero-order valence-corrected chi connectivity index (χ0v) is 11.8. The highest BCUT2D eigenvalue weighted by atomic mass is 35.5. The Balaban J connectivity index is 3.31. The van der Waals surface area contributed by atoms with Gasteiger partial charge in [-0.05, 0) is 12.5 Å². The summed E-state index contributed by atoms with van der Waals surface area (Å²) in [5, 5.41) is 8.88. The third-order valence-electron chi connectivity index (χ3n) is 2.59. The molecule has 0 fully saturated rings. The summed E-state index contributed by atoms with van der Waals surface area (Å²) < 4.78 is 4.90. The van der Waals surface area contributed by atoms with Crippen LogP contribution in [0.1, 0.15) is 39.6 Å². The molecule has 0 aliphatic carbocycles. The lowest BCUT2D eigenvalue weighted by Crippen LogP contribution is -2.17. The molecule has 1 N–H and O–H groups in total. The first-order valence-corrected chi connectivity index (χ1v) is 6.64. The number of rotatable bonds is 7. The number of carbonyl (C=O) groups excluding carboxylic acids is 2. The molecule has 20 heavy (non-hydrogen) atoms. The third-order valence-corrected chi connectivity index (χ3v) is 2.78. The molecule has 0 atom stereocenters. The minimum atomic E-state index is -1.09. The Kier molecular flexibility index (Phi) is 6.18. The SMILES string of the molecule is CCOC(=O)c1c(CC(=O)O)cccc1C(=O)CCCl. The molecular formula is C14H15ClO5. The van der Waals surface area contributed by atoms with Crippen molar-refractivity contribution in [3.8, 4) is 0 Å². The first kappa shape index (κ1) is 16.2. The van der Waals surface area contributed by atoms with Gasteiger partial charge in [0, 0.05) is 17.9 Å². The minimum absolute atomic E-state index is 0.0202. The van der Waals surface area contributed by atoms with Crippen LogP contribution in [0.3, 0.4) is 0 Å². The van der Waals surface area contributed by atoms with Crippen molar-refractivity contribution < 1.29 is 24.2 Å². The van der Waals surface area contributed by atoms with E-state index in [-0.39, 0.29) is 47.8 Å². The van der Waals surface area contributed by atoms with Crippen LogP contribution >= 0.6 is 11.6 Å². The van der Waals surface area contributed by atoms with Crippen molar-refractivity contribution >= 4 is 29.3 Å². The molecule has 1 aromatic rings. The molecule has 0 unspecified atom stereocenters. The summed E-state index contributed by atoms with van der Waals surface area (Å²) >= 11 is 5.53. The molecule has 0 aliphatic rings. The number of alkyl halides is 1. The van der Waals surface area contributed by atoms with Gasteiger partial charge in [0.15, 0.2) is 5.78 Å². The number of carboxylic acid groups (broad SMARTS) is 1. The maximum atomic E-state index is 12.0. The molecule has 1 aromatic carbocycles. The number of hydrogen-bond acceptors (Lipinski definition) is 4. The quantitative estimate of drug-likeness (QED) is 0.474. The molecule has 0 saturated carbocycles. The largest absolute Gasteiger partial charge is 0.481 e. The smallest absolute Gasteiger partial charge is 0.339 e. The van der Waals surface area contributed by atoms with Gasteiger partial charge >= 0.3 is 11.9 Å². The number of hydrogen-bond donors (Lipinski definition) is 1. The van der Waals surface area contributed by atoms with Crippen LogP contribution in [0.25, 0.3) is 0 Å². The monoisotopic (exact) mass is 298 g/mol. The van der Waals surface area contributed by atoms with E-state index in [0.717, 1.165) is 0 Å². The second kappa shape index (κ2) is 7.65. The molecule has 1 rings (SSSR count). The third kappa shape index (κ3) is 4.06. The van der Waals surface area contributed by atoms with E-state index in [2.05, 4.69) is 0 Å². The predicted molar refractivity (Wildman–Crippen MR) is 73.4 cm³/mol. The summed E-state index contributed by atoms with van der Waals surface area (Å²) in [6.07, 6.45) is -0.277. The predicted octanol–water partition coefficient (Wildman–Crippen LogP) is 2.30. The molecule has 6 heteroatoms. The maximum Gasteiger partial charge on any atom is 0.339 e. The molecule has 0 saturated heterocycles. The van der Waals surface area contributed by atoms with Crippen molar-refractivity contribution in [3.63, 3.8) is 0 Å². The molecule has 5 nitrogen and oxygen atoms in total. The minimum Gasteiger partial charge on any atom is -0.481 e. The van der Waals surface area contributed by atoms with Crippen molar-refractivity contribution in [2.24, 2.45) is 0 Å². The Bertz CT molecular complexity index is 524. The Morgan fingerprint density at radius 1 is 1.30 bits per heavy atom. The molecule has 0 spiro atoms. The van der Waals surface area contributed by atoms with Gasteiger partial charge in [-0.15, -0.1) is 11.6 Å². The van der Waals surface area contributed by atoms with Gasteiger partial charge < -0.3 is 9.84 Å². The normalized spacial score (nSPS) is 10.1. The van der Waals surface area contributed by atoms with Gasteiger partial charge in [0.05, 0.1) is 18.6 Å². The van der Waals surface area contributed by atoms with Gasteiger partial charge in [0.1, 0.15) is 0 Å². The number of carbonyl (C=O) groups is 3. The summed E-state index contributed by atoms with van der Waals surface area (Å²) in [6.45, 7) is 1.78. The molecule has 108 valence electrons. The highest BCUT2D eigenvalue weighted by Crippen LogP contribution is 2.19. The van der Waals surface area contributed by atoms with E-state index in [9.17, 15) is 14.4 Å². The molecular weight excluding hydrogens is 284 g/mol. The number of Topliss-reactive ketones (excluding diaryl/α,β-unsaturated/α-hetero) is 1. The number of ether oxygens (including phenoxy) is 1. The Morgan fingerprint density at radius 3 is 2.55 bits per heavy atom. The highest BCUT2D eigenvalue weighted by molar-refractivity contribution is 6.20. The highest BCUT2D eigenvalue weighted by Gasteiger charge is 2.22. The fraction of sp³-hybridized carbons (Fsp3) is 0.357. The van der Waals surface area contributed by atoms with Crippen molar-refractivity contribution in [2.45, 2.75) is 19.8 Å². The van der Waals surface area contributed by atoms with E-state index < -0.39 is 11.9 Å². The Hall–Kier alpha value is -1.88. The second-order valence-corrected chi connectivity index (χ2v) is 4.37. The summed E-state index contributed by atoms with van der Waals surface area (Å²) in [6, 6.07) is 4.52. The van der Waals surface area contributed by atoms with E-state index in [1.54, 1.807) is 13.0 Å². The average Bonchev–Trinajstić information content (AvgIpc) is 2.38. The maximum absolute atomic E-state index is 12.0. The van der Waals surface area contributed by atoms with E-state index in [4.69, 9.17) is 21.4 Å². The zero-order valence-electron chi connectivity index (χ0n) is 11.0. The lowest BCUT2D eigenvalue weighted by atomic mass is 9.95. The summed E-state index contributed by atoms with van der Waals surface area (Å²) in [7, 11) is 0. The van der Waals surface area contributed by atoms with Gasteiger partial charge in [-0.3, -0.25) is 9.59 Å². The van der Waals surface area contributed by atoms with Crippen molar-refractivity contribution in [1.82, 2.24) is 0 Å². The lowest BCUT2D eigenvalue weighted by Gasteiger charge is -2.11. The van der Waals surface area contributed by atoms with Crippen molar-refractivity contribution in [2.75, 3.05) is 12.5 Å². The molecule has 0 heterocycles. The van der Waals surface area contributed by atoms with Gasteiger partial charge in [0.25, 0.3) is 0 Å². The van der Waals surface area contributed by atoms with Crippen LogP contribution in [0, 0.1) is 0 Å². The fourth-order valence-electron chi connectivity index (χ4n) is 1.81. The Morgan fingerprint density at radius 2 is 2.00 bits per heavy atom. The number of ketones is 1. The molecule has 0 aromatic heterocycles. The van der Waals surface area contributed by atoms with Gasteiger partial charge in [-0.2, -0.15) is 0 Å². The first-order chi connectivity index (χ1) is 9.51. The van der Waals surface area contributed by atoms with Gasteiger partial charge in [0.2, 0.25) is 0 Å². The second-order valence-electron chi connectivity index (χ2n) is 3.99. The standard InChI is InChI=1S/C14H15ClO5/c1-2-20-14(19)13-9(8-12(17)18)4-3-5-10(13)11(16)6-7-15/h3-5H,2,6-8H2,1H3,(H,17,18). The van der Waals surface area contributed by atoms with Crippen LogP contribution in [0.4, 0.5) is 0 Å². The van der Waals surface area contributed by atoms with Crippen LogP contribution < -0.4 is 0 Å². The van der Waals surface area contributed by atoms with Crippen LogP contribution in [-0.2, 0) is 16.0 Å². The van der Waals surface area contributed by atoms with Gasteiger partial charge in [-0.1, -0.05) is 18.2 Å². The summed E-state index contributed by atoms with van der Waals surface area (Å²) in [5.74, 6) is -1.96. The topological polar surface area (TPSA) is 80.7 Å². The van der Waals surface area contributed by atoms with E-state index in [1.165, 1.54) is 12.1 Å². The fourth-order valence-corrected chi connectivity index (χ4v) is 1.98. The molecule has 0 bridgehead atoms. The lowest BCUT2D eigenvalue weighted by molar-refractivity contribution is -0.136. The number of esters is 1.